The Kier molecular flexibility index (Phi) is 3.72. The van der Waals surface area contributed by atoms with Crippen LogP contribution in [0, 0.1) is 5.92 Å². The van der Waals surface area contributed by atoms with Crippen LogP contribution >= 0.6 is 0 Å². The van der Waals surface area contributed by atoms with Gasteiger partial charge in [0.1, 0.15) is 5.75 Å². The summed E-state index contributed by atoms with van der Waals surface area (Å²) in [4.78, 5) is 0. The van der Waals surface area contributed by atoms with Crippen molar-refractivity contribution in [1.82, 2.24) is 5.32 Å². The second-order valence-electron chi connectivity index (χ2n) is 4.09. The molecular formula is C12H15F2NO. The van der Waals surface area contributed by atoms with Crippen LogP contribution in [0.3, 0.4) is 0 Å². The van der Waals surface area contributed by atoms with Crippen LogP contribution in [0.4, 0.5) is 8.78 Å². The molecule has 0 bridgehead atoms. The summed E-state index contributed by atoms with van der Waals surface area (Å²) in [5, 5.41) is 3.29. The van der Waals surface area contributed by atoms with E-state index in [1.54, 1.807) is 18.2 Å². The molecule has 0 amide bonds. The van der Waals surface area contributed by atoms with Crippen molar-refractivity contribution >= 4 is 0 Å². The molecule has 1 fully saturated rings. The highest BCUT2D eigenvalue weighted by Crippen LogP contribution is 2.20. The summed E-state index contributed by atoms with van der Waals surface area (Å²) < 4.78 is 28.4. The lowest BCUT2D eigenvalue weighted by Gasteiger charge is -2.10. The predicted octanol–water partition coefficient (Wildman–Crippen LogP) is 2.44. The first-order valence-corrected chi connectivity index (χ1v) is 5.48. The van der Waals surface area contributed by atoms with Crippen molar-refractivity contribution in [3.63, 3.8) is 0 Å². The highest BCUT2D eigenvalue weighted by Gasteiger charge is 2.15. The molecule has 1 aromatic carbocycles. The molecule has 1 aromatic rings. The van der Waals surface area contributed by atoms with Gasteiger partial charge in [0.2, 0.25) is 0 Å². The van der Waals surface area contributed by atoms with Crippen molar-refractivity contribution in [3.05, 3.63) is 29.8 Å². The molecule has 0 aliphatic carbocycles. The van der Waals surface area contributed by atoms with E-state index in [0.29, 0.717) is 5.92 Å². The minimum Gasteiger partial charge on any atom is -0.435 e. The number of ether oxygens (including phenoxy) is 1. The molecule has 1 aliphatic heterocycles. The lowest BCUT2D eigenvalue weighted by Crippen LogP contribution is -2.10. The Morgan fingerprint density at radius 2 is 2.31 bits per heavy atom. The molecule has 0 aromatic heterocycles. The summed E-state index contributed by atoms with van der Waals surface area (Å²) in [5.74, 6) is 0.861. The van der Waals surface area contributed by atoms with E-state index in [-0.39, 0.29) is 5.75 Å². The average Bonchev–Trinajstić information content (AvgIpc) is 2.70. The van der Waals surface area contributed by atoms with E-state index < -0.39 is 6.61 Å². The third-order valence-electron chi connectivity index (χ3n) is 2.81. The van der Waals surface area contributed by atoms with Gasteiger partial charge in [0.15, 0.2) is 0 Å². The van der Waals surface area contributed by atoms with Gasteiger partial charge in [0, 0.05) is 0 Å². The normalized spacial score (nSPS) is 20.3. The molecule has 1 atom stereocenters. The first-order valence-electron chi connectivity index (χ1n) is 5.48. The summed E-state index contributed by atoms with van der Waals surface area (Å²) in [6.45, 7) is -0.680. The molecule has 16 heavy (non-hydrogen) atoms. The largest absolute Gasteiger partial charge is 0.435 e. The fraction of sp³-hybridized carbons (Fsp3) is 0.500. The van der Waals surface area contributed by atoms with Crippen molar-refractivity contribution in [2.75, 3.05) is 13.1 Å². The van der Waals surface area contributed by atoms with Gasteiger partial charge >= 0.3 is 6.61 Å². The van der Waals surface area contributed by atoms with Gasteiger partial charge in [-0.1, -0.05) is 12.1 Å². The maximum absolute atomic E-state index is 12.0. The molecule has 1 heterocycles. The van der Waals surface area contributed by atoms with Crippen molar-refractivity contribution in [3.8, 4) is 5.75 Å². The van der Waals surface area contributed by atoms with E-state index in [1.165, 1.54) is 0 Å². The SMILES string of the molecule is FC(F)Oc1cccc(CC2CCNC2)c1. The number of rotatable bonds is 4. The van der Waals surface area contributed by atoms with Crippen molar-refractivity contribution < 1.29 is 13.5 Å². The number of benzene rings is 1. The molecule has 2 nitrogen and oxygen atoms in total. The van der Waals surface area contributed by atoms with Crippen molar-refractivity contribution in [1.29, 1.82) is 0 Å². The quantitative estimate of drug-likeness (QED) is 0.853. The van der Waals surface area contributed by atoms with Gasteiger partial charge in [-0.2, -0.15) is 8.78 Å². The van der Waals surface area contributed by atoms with Gasteiger partial charge in [0.25, 0.3) is 0 Å². The van der Waals surface area contributed by atoms with E-state index in [4.69, 9.17) is 0 Å². The van der Waals surface area contributed by atoms with E-state index in [1.807, 2.05) is 6.07 Å². The summed E-state index contributed by atoms with van der Waals surface area (Å²) >= 11 is 0. The highest BCUT2D eigenvalue weighted by molar-refractivity contribution is 5.28. The lowest BCUT2D eigenvalue weighted by atomic mass is 9.99. The van der Waals surface area contributed by atoms with Crippen LogP contribution in [-0.4, -0.2) is 19.7 Å². The van der Waals surface area contributed by atoms with Gasteiger partial charge in [-0.25, -0.2) is 0 Å². The molecule has 1 unspecified atom stereocenters. The molecule has 1 N–H and O–H groups in total. The maximum Gasteiger partial charge on any atom is 0.387 e. The minimum absolute atomic E-state index is 0.249. The average molecular weight is 227 g/mol. The highest BCUT2D eigenvalue weighted by atomic mass is 19.3. The molecule has 4 heteroatoms. The van der Waals surface area contributed by atoms with Crippen molar-refractivity contribution in [2.24, 2.45) is 5.92 Å². The Morgan fingerprint density at radius 3 is 3.00 bits per heavy atom. The summed E-state index contributed by atoms with van der Waals surface area (Å²) in [6.07, 6.45) is 2.08. The second-order valence-corrected chi connectivity index (χ2v) is 4.09. The van der Waals surface area contributed by atoms with Gasteiger partial charge in [0.05, 0.1) is 0 Å². The van der Waals surface area contributed by atoms with Crippen LogP contribution in [0.5, 0.6) is 5.75 Å². The lowest BCUT2D eigenvalue weighted by molar-refractivity contribution is -0.0498. The van der Waals surface area contributed by atoms with Crippen molar-refractivity contribution in [2.45, 2.75) is 19.5 Å². The zero-order valence-electron chi connectivity index (χ0n) is 8.96. The van der Waals surface area contributed by atoms with Crippen LogP contribution in [0.1, 0.15) is 12.0 Å². The Morgan fingerprint density at radius 1 is 1.44 bits per heavy atom. The predicted molar refractivity (Wildman–Crippen MR) is 57.8 cm³/mol. The second kappa shape index (κ2) is 5.25. The Hall–Kier alpha value is -1.16. The third kappa shape index (κ3) is 3.17. The molecule has 0 spiro atoms. The minimum atomic E-state index is -2.75. The maximum atomic E-state index is 12.0. The Balaban J connectivity index is 1.97. The molecule has 1 aliphatic rings. The fourth-order valence-corrected chi connectivity index (χ4v) is 2.07. The standard InChI is InChI=1S/C12H15F2NO/c13-12(14)16-11-3-1-2-9(7-11)6-10-4-5-15-8-10/h1-3,7,10,12,15H,4-6,8H2. The van der Waals surface area contributed by atoms with Crippen LogP contribution in [0.25, 0.3) is 0 Å². The first-order chi connectivity index (χ1) is 7.74. The number of hydrogen-bond donors (Lipinski definition) is 1. The Labute approximate surface area is 93.6 Å². The van der Waals surface area contributed by atoms with E-state index in [2.05, 4.69) is 10.1 Å². The molecule has 1 saturated heterocycles. The first kappa shape index (κ1) is 11.3. The Bertz CT molecular complexity index is 338. The molecule has 0 saturated carbocycles. The van der Waals surface area contributed by atoms with E-state index >= 15 is 0 Å². The van der Waals surface area contributed by atoms with Crippen LogP contribution in [0.15, 0.2) is 24.3 Å². The third-order valence-corrected chi connectivity index (χ3v) is 2.81. The molecule has 0 radical (unpaired) electrons. The summed E-state index contributed by atoms with van der Waals surface area (Å²) in [7, 11) is 0. The van der Waals surface area contributed by atoms with Crippen LogP contribution in [-0.2, 0) is 6.42 Å². The van der Waals surface area contributed by atoms with Gasteiger partial charge in [-0.3, -0.25) is 0 Å². The molecule has 88 valence electrons. The van der Waals surface area contributed by atoms with E-state index in [0.717, 1.165) is 31.5 Å². The fourth-order valence-electron chi connectivity index (χ4n) is 2.07. The van der Waals surface area contributed by atoms with Crippen LogP contribution < -0.4 is 10.1 Å². The number of hydrogen-bond acceptors (Lipinski definition) is 2. The zero-order valence-corrected chi connectivity index (χ0v) is 8.96. The topological polar surface area (TPSA) is 21.3 Å². The monoisotopic (exact) mass is 227 g/mol. The summed E-state index contributed by atoms with van der Waals surface area (Å²) in [6, 6.07) is 6.97. The van der Waals surface area contributed by atoms with Gasteiger partial charge in [-0.05, 0) is 49.5 Å². The van der Waals surface area contributed by atoms with E-state index in [9.17, 15) is 8.78 Å². The van der Waals surface area contributed by atoms with Gasteiger partial charge < -0.3 is 10.1 Å². The number of halogens is 2. The smallest absolute Gasteiger partial charge is 0.387 e. The molecule has 2 rings (SSSR count). The zero-order chi connectivity index (χ0) is 11.4. The van der Waals surface area contributed by atoms with Crippen LogP contribution in [0.2, 0.25) is 0 Å². The molecular weight excluding hydrogens is 212 g/mol. The summed E-state index contributed by atoms with van der Waals surface area (Å²) in [5.41, 5.74) is 1.06. The van der Waals surface area contributed by atoms with Gasteiger partial charge in [-0.15, -0.1) is 0 Å². The number of alkyl halides is 2. The number of nitrogens with one attached hydrogen (secondary N) is 1.